The third-order valence-electron chi connectivity index (χ3n) is 4.58. The van der Waals surface area contributed by atoms with Crippen LogP contribution in [-0.4, -0.2) is 54.5 Å². The Balaban J connectivity index is 1.73. The van der Waals surface area contributed by atoms with Crippen molar-refractivity contribution in [2.75, 3.05) is 31.1 Å². The van der Waals surface area contributed by atoms with Crippen molar-refractivity contribution in [3.8, 4) is 0 Å². The highest BCUT2D eigenvalue weighted by molar-refractivity contribution is 6.61. The van der Waals surface area contributed by atoms with Crippen LogP contribution in [0.3, 0.4) is 0 Å². The molecule has 1 aromatic rings. The van der Waals surface area contributed by atoms with Crippen LogP contribution in [0.15, 0.2) is 12.4 Å². The fraction of sp³-hybridized carbons (Fsp3) is 0.714. The van der Waals surface area contributed by atoms with Gasteiger partial charge in [0.15, 0.2) is 0 Å². The Morgan fingerprint density at radius 2 is 1.57 bits per heavy atom. The topological polar surface area (TPSA) is 59.5 Å². The summed E-state index contributed by atoms with van der Waals surface area (Å²) in [5, 5.41) is 3.32. The molecule has 0 bridgehead atoms. The van der Waals surface area contributed by atoms with Crippen LogP contribution >= 0.6 is 0 Å². The van der Waals surface area contributed by atoms with E-state index in [9.17, 15) is 0 Å². The molecule has 1 N–H and O–H groups in total. The maximum atomic E-state index is 6.01. The average Bonchev–Trinajstić information content (AvgIpc) is 2.69. The van der Waals surface area contributed by atoms with E-state index in [1.807, 2.05) is 40.1 Å². The highest BCUT2D eigenvalue weighted by Crippen LogP contribution is 2.36. The number of hydrogen-bond donors (Lipinski definition) is 1. The fourth-order valence-electron chi connectivity index (χ4n) is 2.46. The smallest absolute Gasteiger partial charge is 0.399 e. The lowest BCUT2D eigenvalue weighted by Crippen LogP contribution is -2.44. The average molecular weight is 290 g/mol. The fourth-order valence-corrected chi connectivity index (χ4v) is 2.46. The number of rotatable bonds is 2. The van der Waals surface area contributed by atoms with E-state index >= 15 is 0 Å². The van der Waals surface area contributed by atoms with Crippen LogP contribution in [0.4, 0.5) is 5.95 Å². The molecule has 0 radical (unpaired) electrons. The summed E-state index contributed by atoms with van der Waals surface area (Å²) in [6.45, 7) is 12.0. The van der Waals surface area contributed by atoms with Gasteiger partial charge in [-0.25, -0.2) is 9.97 Å². The first kappa shape index (κ1) is 14.7. The first-order valence-electron chi connectivity index (χ1n) is 7.52. The van der Waals surface area contributed by atoms with Gasteiger partial charge in [0.25, 0.3) is 0 Å². The van der Waals surface area contributed by atoms with Crippen molar-refractivity contribution in [1.29, 1.82) is 0 Å². The predicted octanol–water partition coefficient (Wildman–Crippen LogP) is 0.185. The van der Waals surface area contributed by atoms with Gasteiger partial charge in [-0.2, -0.15) is 0 Å². The van der Waals surface area contributed by atoms with Crippen molar-refractivity contribution in [1.82, 2.24) is 15.3 Å². The van der Waals surface area contributed by atoms with Gasteiger partial charge in [0.1, 0.15) is 0 Å². The molecule has 2 fully saturated rings. The van der Waals surface area contributed by atoms with Gasteiger partial charge in [-0.3, -0.25) is 0 Å². The Morgan fingerprint density at radius 1 is 1.05 bits per heavy atom. The number of aromatic nitrogens is 2. The minimum atomic E-state index is -0.396. The molecular weight excluding hydrogens is 267 g/mol. The molecule has 3 rings (SSSR count). The minimum Gasteiger partial charge on any atom is -0.399 e. The van der Waals surface area contributed by atoms with E-state index in [0.29, 0.717) is 0 Å². The lowest BCUT2D eigenvalue weighted by Gasteiger charge is -2.32. The third kappa shape index (κ3) is 2.77. The van der Waals surface area contributed by atoms with E-state index in [4.69, 9.17) is 9.31 Å². The zero-order valence-electron chi connectivity index (χ0n) is 13.2. The number of nitrogens with zero attached hydrogens (tertiary/aromatic N) is 3. The Bertz CT molecular complexity index is 484. The summed E-state index contributed by atoms with van der Waals surface area (Å²) in [5.74, 6) is 0.775. The van der Waals surface area contributed by atoms with Crippen LogP contribution in [0.5, 0.6) is 0 Å². The standard InChI is InChI=1S/C14H23BN4O2/c1-13(2)14(3,4)21-15(20-13)11-9-17-12(18-10-11)19-7-5-16-6-8-19/h9-10,16H,5-8H2,1-4H3. The lowest BCUT2D eigenvalue weighted by molar-refractivity contribution is 0.00578. The maximum Gasteiger partial charge on any atom is 0.498 e. The van der Waals surface area contributed by atoms with Gasteiger partial charge in [0.05, 0.1) is 11.2 Å². The molecule has 0 unspecified atom stereocenters. The second-order valence-corrected chi connectivity index (χ2v) is 6.64. The normalized spacial score (nSPS) is 24.4. The predicted molar refractivity (Wildman–Crippen MR) is 82.8 cm³/mol. The molecule has 21 heavy (non-hydrogen) atoms. The van der Waals surface area contributed by atoms with Gasteiger partial charge in [0, 0.05) is 44.0 Å². The van der Waals surface area contributed by atoms with Crippen LogP contribution in [0.2, 0.25) is 0 Å². The van der Waals surface area contributed by atoms with E-state index in [2.05, 4.69) is 20.2 Å². The summed E-state index contributed by atoms with van der Waals surface area (Å²) in [4.78, 5) is 11.1. The quantitative estimate of drug-likeness (QED) is 0.784. The zero-order chi connectivity index (χ0) is 15.1. The van der Waals surface area contributed by atoms with Crippen molar-refractivity contribution in [3.05, 3.63) is 12.4 Å². The molecule has 114 valence electrons. The Morgan fingerprint density at radius 3 is 2.10 bits per heavy atom. The van der Waals surface area contributed by atoms with Crippen LogP contribution in [0.1, 0.15) is 27.7 Å². The molecule has 2 aliphatic rings. The van der Waals surface area contributed by atoms with Gasteiger partial charge < -0.3 is 19.5 Å². The Labute approximate surface area is 126 Å². The second kappa shape index (κ2) is 5.23. The van der Waals surface area contributed by atoms with Crippen LogP contribution in [0, 0.1) is 0 Å². The van der Waals surface area contributed by atoms with Gasteiger partial charge in [-0.15, -0.1) is 0 Å². The number of nitrogens with one attached hydrogen (secondary N) is 1. The van der Waals surface area contributed by atoms with E-state index in [1.165, 1.54) is 0 Å². The Kier molecular flexibility index (Phi) is 3.67. The van der Waals surface area contributed by atoms with Crippen molar-refractivity contribution in [3.63, 3.8) is 0 Å². The Hall–Kier alpha value is -1.18. The van der Waals surface area contributed by atoms with Gasteiger partial charge in [-0.1, -0.05) is 0 Å². The molecule has 0 amide bonds. The molecule has 1 aromatic heterocycles. The summed E-state index contributed by atoms with van der Waals surface area (Å²) >= 11 is 0. The van der Waals surface area contributed by atoms with E-state index in [0.717, 1.165) is 37.6 Å². The molecular formula is C14H23BN4O2. The van der Waals surface area contributed by atoms with E-state index < -0.39 is 7.12 Å². The molecule has 0 aromatic carbocycles. The van der Waals surface area contributed by atoms with Crippen LogP contribution < -0.4 is 15.7 Å². The molecule has 6 nitrogen and oxygen atoms in total. The lowest BCUT2D eigenvalue weighted by atomic mass is 9.81. The minimum absolute atomic E-state index is 0.338. The van der Waals surface area contributed by atoms with E-state index in [-0.39, 0.29) is 11.2 Å². The van der Waals surface area contributed by atoms with Gasteiger partial charge >= 0.3 is 7.12 Å². The number of piperazine rings is 1. The molecule has 3 heterocycles. The molecule has 0 saturated carbocycles. The molecule has 0 aliphatic carbocycles. The SMILES string of the molecule is CC1(C)OB(c2cnc(N3CCNCC3)nc2)OC1(C)C. The molecule has 7 heteroatoms. The summed E-state index contributed by atoms with van der Waals surface area (Å²) in [5.41, 5.74) is 0.191. The highest BCUT2D eigenvalue weighted by Gasteiger charge is 2.51. The second-order valence-electron chi connectivity index (χ2n) is 6.64. The first-order valence-corrected chi connectivity index (χ1v) is 7.52. The summed E-state index contributed by atoms with van der Waals surface area (Å²) in [6.07, 6.45) is 3.62. The van der Waals surface area contributed by atoms with Gasteiger partial charge in [0.2, 0.25) is 5.95 Å². The molecule has 2 saturated heterocycles. The van der Waals surface area contributed by atoms with Crippen molar-refractivity contribution in [2.45, 2.75) is 38.9 Å². The van der Waals surface area contributed by atoms with Crippen molar-refractivity contribution < 1.29 is 9.31 Å². The van der Waals surface area contributed by atoms with Gasteiger partial charge in [-0.05, 0) is 27.7 Å². The zero-order valence-corrected chi connectivity index (χ0v) is 13.2. The monoisotopic (exact) mass is 290 g/mol. The highest BCUT2D eigenvalue weighted by atomic mass is 16.7. The molecule has 0 spiro atoms. The first-order chi connectivity index (χ1) is 9.89. The maximum absolute atomic E-state index is 6.01. The largest absolute Gasteiger partial charge is 0.498 e. The summed E-state index contributed by atoms with van der Waals surface area (Å²) in [7, 11) is -0.396. The third-order valence-corrected chi connectivity index (χ3v) is 4.58. The molecule has 0 atom stereocenters. The summed E-state index contributed by atoms with van der Waals surface area (Å²) < 4.78 is 12.0. The van der Waals surface area contributed by atoms with Crippen LogP contribution in [-0.2, 0) is 9.31 Å². The molecule has 2 aliphatic heterocycles. The van der Waals surface area contributed by atoms with E-state index in [1.54, 1.807) is 0 Å². The number of hydrogen-bond acceptors (Lipinski definition) is 6. The van der Waals surface area contributed by atoms with Crippen molar-refractivity contribution >= 4 is 18.5 Å². The number of anilines is 1. The van der Waals surface area contributed by atoms with Crippen molar-refractivity contribution in [2.24, 2.45) is 0 Å². The van der Waals surface area contributed by atoms with Crippen LogP contribution in [0.25, 0.3) is 0 Å². The summed E-state index contributed by atoms with van der Waals surface area (Å²) in [6, 6.07) is 0.